The molecule has 112 valence electrons. The third kappa shape index (κ3) is 2.43. The predicted molar refractivity (Wildman–Crippen MR) is 83.4 cm³/mol. The van der Waals surface area contributed by atoms with Crippen molar-refractivity contribution in [2.45, 2.75) is 57.3 Å². The van der Waals surface area contributed by atoms with Gasteiger partial charge in [-0.05, 0) is 43.0 Å². The van der Waals surface area contributed by atoms with Gasteiger partial charge in [0, 0.05) is 17.8 Å². The molecule has 0 radical (unpaired) electrons. The molecule has 4 nitrogen and oxygen atoms in total. The Morgan fingerprint density at radius 3 is 2.81 bits per heavy atom. The number of anilines is 2. The second-order valence-corrected chi connectivity index (χ2v) is 6.16. The van der Waals surface area contributed by atoms with Gasteiger partial charge in [-0.3, -0.25) is 9.59 Å². The fraction of sp³-hybridized carbons (Fsp3) is 0.529. The van der Waals surface area contributed by atoms with Crippen LogP contribution in [0.1, 0.15) is 57.4 Å². The Bertz CT molecular complexity index is 574. The topological polar surface area (TPSA) is 58.2 Å². The Morgan fingerprint density at radius 2 is 2.10 bits per heavy atom. The minimum Gasteiger partial charge on any atom is -0.326 e. The van der Waals surface area contributed by atoms with E-state index < -0.39 is 0 Å². The van der Waals surface area contributed by atoms with Crippen molar-refractivity contribution in [3.05, 3.63) is 23.8 Å². The maximum absolute atomic E-state index is 12.3. The summed E-state index contributed by atoms with van der Waals surface area (Å²) in [7, 11) is 0. The van der Waals surface area contributed by atoms with Gasteiger partial charge >= 0.3 is 0 Å². The highest BCUT2D eigenvalue weighted by molar-refractivity contribution is 6.07. The number of nitrogens with one attached hydrogen (secondary N) is 2. The van der Waals surface area contributed by atoms with Crippen molar-refractivity contribution >= 4 is 23.2 Å². The standard InChI is InChI=1S/C17H22N2O2/c1-2-3-6-15(20)18-12-7-8-14-13(11-12)17(16(21)19-14)9-4-5-10-17/h7-8,11H,2-6,9-10H2,1H3,(H,18,20)(H,19,21). The van der Waals surface area contributed by atoms with Crippen LogP contribution in [0.3, 0.4) is 0 Å². The summed E-state index contributed by atoms with van der Waals surface area (Å²) in [6, 6.07) is 5.77. The van der Waals surface area contributed by atoms with E-state index in [1.165, 1.54) is 0 Å². The molecule has 2 aliphatic rings. The second kappa shape index (κ2) is 5.51. The number of fused-ring (bicyclic) bond motifs is 2. The molecule has 0 saturated heterocycles. The van der Waals surface area contributed by atoms with Gasteiger partial charge in [0.1, 0.15) is 0 Å². The highest BCUT2D eigenvalue weighted by Crippen LogP contribution is 2.49. The molecule has 3 rings (SSSR count). The molecule has 0 atom stereocenters. The van der Waals surface area contributed by atoms with Gasteiger partial charge in [-0.15, -0.1) is 0 Å². The van der Waals surface area contributed by atoms with Gasteiger partial charge in [-0.2, -0.15) is 0 Å². The van der Waals surface area contributed by atoms with E-state index in [4.69, 9.17) is 0 Å². The molecule has 0 aromatic heterocycles. The van der Waals surface area contributed by atoms with Crippen LogP contribution in [0.25, 0.3) is 0 Å². The van der Waals surface area contributed by atoms with Crippen molar-refractivity contribution < 1.29 is 9.59 Å². The first-order valence-electron chi connectivity index (χ1n) is 7.91. The molecule has 1 saturated carbocycles. The summed E-state index contributed by atoms with van der Waals surface area (Å²) in [4.78, 5) is 24.2. The van der Waals surface area contributed by atoms with Crippen molar-refractivity contribution in [2.75, 3.05) is 10.6 Å². The molecule has 1 aromatic rings. The van der Waals surface area contributed by atoms with Crippen LogP contribution in [0.4, 0.5) is 11.4 Å². The zero-order valence-electron chi connectivity index (χ0n) is 12.5. The van der Waals surface area contributed by atoms with Gasteiger partial charge in [0.05, 0.1) is 5.41 Å². The molecule has 1 aromatic carbocycles. The van der Waals surface area contributed by atoms with Crippen LogP contribution in [-0.2, 0) is 15.0 Å². The lowest BCUT2D eigenvalue weighted by Gasteiger charge is -2.21. The van der Waals surface area contributed by atoms with Crippen LogP contribution in [0.15, 0.2) is 18.2 Å². The molecule has 2 N–H and O–H groups in total. The number of unbranched alkanes of at least 4 members (excludes halogenated alkanes) is 1. The minimum atomic E-state index is -0.348. The van der Waals surface area contributed by atoms with Crippen LogP contribution in [0.2, 0.25) is 0 Å². The third-order valence-corrected chi connectivity index (χ3v) is 4.72. The lowest BCUT2D eigenvalue weighted by atomic mass is 9.80. The summed E-state index contributed by atoms with van der Waals surface area (Å²) in [5.41, 5.74) is 2.43. The lowest BCUT2D eigenvalue weighted by Crippen LogP contribution is -2.31. The third-order valence-electron chi connectivity index (χ3n) is 4.72. The van der Waals surface area contributed by atoms with E-state index in [2.05, 4.69) is 17.6 Å². The molecule has 21 heavy (non-hydrogen) atoms. The summed E-state index contributed by atoms with van der Waals surface area (Å²) < 4.78 is 0. The van der Waals surface area contributed by atoms with Crippen LogP contribution >= 0.6 is 0 Å². The van der Waals surface area contributed by atoms with Crippen LogP contribution in [0, 0.1) is 0 Å². The first-order chi connectivity index (χ1) is 10.2. The summed E-state index contributed by atoms with van der Waals surface area (Å²) in [6.07, 6.45) is 6.49. The van der Waals surface area contributed by atoms with E-state index in [9.17, 15) is 9.59 Å². The average molecular weight is 286 g/mol. The number of hydrogen-bond donors (Lipinski definition) is 2. The second-order valence-electron chi connectivity index (χ2n) is 6.16. The first kappa shape index (κ1) is 14.1. The fourth-order valence-corrected chi connectivity index (χ4v) is 3.53. The van der Waals surface area contributed by atoms with E-state index in [-0.39, 0.29) is 17.2 Å². The summed E-state index contributed by atoms with van der Waals surface area (Å²) in [5.74, 6) is 0.180. The van der Waals surface area contributed by atoms with E-state index in [1.54, 1.807) is 0 Å². The van der Waals surface area contributed by atoms with Gasteiger partial charge in [-0.25, -0.2) is 0 Å². The largest absolute Gasteiger partial charge is 0.326 e. The Labute approximate surface area is 125 Å². The maximum atomic E-state index is 12.3. The molecule has 1 heterocycles. The number of carbonyl (C=O) groups excluding carboxylic acids is 2. The molecule has 4 heteroatoms. The highest BCUT2D eigenvalue weighted by atomic mass is 16.2. The molecule has 1 spiro atoms. The zero-order chi connectivity index (χ0) is 14.9. The Hall–Kier alpha value is -1.84. The minimum absolute atomic E-state index is 0.0505. The highest BCUT2D eigenvalue weighted by Gasteiger charge is 2.48. The van der Waals surface area contributed by atoms with Crippen LogP contribution in [-0.4, -0.2) is 11.8 Å². The summed E-state index contributed by atoms with van der Waals surface area (Å²) in [5, 5.41) is 5.94. The Morgan fingerprint density at radius 1 is 1.33 bits per heavy atom. The van der Waals surface area contributed by atoms with E-state index in [1.807, 2.05) is 18.2 Å². The van der Waals surface area contributed by atoms with E-state index in [0.29, 0.717) is 6.42 Å². The molecule has 1 aliphatic heterocycles. The number of benzene rings is 1. The molecule has 0 bridgehead atoms. The number of amides is 2. The molecule has 1 fully saturated rings. The zero-order valence-corrected chi connectivity index (χ0v) is 12.5. The molecule has 1 aliphatic carbocycles. The Kier molecular flexibility index (Phi) is 3.70. The van der Waals surface area contributed by atoms with Crippen LogP contribution in [0.5, 0.6) is 0 Å². The lowest BCUT2D eigenvalue weighted by molar-refractivity contribution is -0.120. The summed E-state index contributed by atoms with van der Waals surface area (Å²) >= 11 is 0. The fourth-order valence-electron chi connectivity index (χ4n) is 3.53. The van der Waals surface area contributed by atoms with Gasteiger partial charge in [0.15, 0.2) is 0 Å². The molecule has 0 unspecified atom stereocenters. The summed E-state index contributed by atoms with van der Waals surface area (Å²) in [6.45, 7) is 2.07. The van der Waals surface area contributed by atoms with Crippen molar-refractivity contribution in [1.82, 2.24) is 0 Å². The average Bonchev–Trinajstić information content (AvgIpc) is 3.06. The monoisotopic (exact) mass is 286 g/mol. The smallest absolute Gasteiger partial charge is 0.235 e. The maximum Gasteiger partial charge on any atom is 0.235 e. The normalized spacial score (nSPS) is 18.6. The van der Waals surface area contributed by atoms with E-state index in [0.717, 1.165) is 55.5 Å². The van der Waals surface area contributed by atoms with Crippen molar-refractivity contribution in [2.24, 2.45) is 0 Å². The van der Waals surface area contributed by atoms with Gasteiger partial charge in [-0.1, -0.05) is 26.2 Å². The van der Waals surface area contributed by atoms with Crippen LogP contribution < -0.4 is 10.6 Å². The SMILES string of the molecule is CCCCC(=O)Nc1ccc2c(c1)C1(CCCC1)C(=O)N2. The van der Waals surface area contributed by atoms with E-state index >= 15 is 0 Å². The molecule has 2 amide bonds. The van der Waals surface area contributed by atoms with Crippen molar-refractivity contribution in [3.8, 4) is 0 Å². The van der Waals surface area contributed by atoms with Gasteiger partial charge < -0.3 is 10.6 Å². The number of carbonyl (C=O) groups is 2. The predicted octanol–water partition coefficient (Wildman–Crippen LogP) is 3.58. The van der Waals surface area contributed by atoms with Crippen molar-refractivity contribution in [3.63, 3.8) is 0 Å². The Balaban J connectivity index is 1.83. The van der Waals surface area contributed by atoms with Gasteiger partial charge in [0.2, 0.25) is 11.8 Å². The van der Waals surface area contributed by atoms with Gasteiger partial charge in [0.25, 0.3) is 0 Å². The number of rotatable bonds is 4. The first-order valence-corrected chi connectivity index (χ1v) is 7.91. The molecular formula is C17H22N2O2. The number of hydrogen-bond acceptors (Lipinski definition) is 2. The van der Waals surface area contributed by atoms with Crippen molar-refractivity contribution in [1.29, 1.82) is 0 Å². The quantitative estimate of drug-likeness (QED) is 0.888. The molecular weight excluding hydrogens is 264 g/mol.